The molecule has 2 N–H and O–H groups in total. The van der Waals surface area contributed by atoms with E-state index in [0.29, 0.717) is 6.42 Å². The minimum absolute atomic E-state index is 0.0574. The summed E-state index contributed by atoms with van der Waals surface area (Å²) in [4.78, 5) is 24.7. The van der Waals surface area contributed by atoms with Gasteiger partial charge < -0.3 is 10.5 Å². The Labute approximate surface area is 99.2 Å². The van der Waals surface area contributed by atoms with Gasteiger partial charge in [0.2, 0.25) is 5.91 Å². The first kappa shape index (κ1) is 11.6. The van der Waals surface area contributed by atoms with Crippen molar-refractivity contribution in [1.29, 1.82) is 0 Å². The summed E-state index contributed by atoms with van der Waals surface area (Å²) < 4.78 is 4.82. The Morgan fingerprint density at radius 2 is 2.18 bits per heavy atom. The molecule has 1 atom stereocenters. The van der Waals surface area contributed by atoms with Gasteiger partial charge >= 0.3 is 0 Å². The summed E-state index contributed by atoms with van der Waals surface area (Å²) >= 11 is 0. The minimum Gasteiger partial charge on any atom is -0.375 e. The lowest BCUT2D eigenvalue weighted by Gasteiger charge is -2.22. The number of nitrogens with zero attached hydrogens (tertiary/aromatic N) is 1. The first-order chi connectivity index (χ1) is 8.15. The van der Waals surface area contributed by atoms with Crippen LogP contribution in [0.4, 0.5) is 5.69 Å². The third kappa shape index (κ3) is 2.01. The van der Waals surface area contributed by atoms with E-state index in [2.05, 4.69) is 0 Å². The number of anilines is 1. The van der Waals surface area contributed by atoms with Crippen LogP contribution in [0, 0.1) is 0 Å². The van der Waals surface area contributed by atoms with Crippen LogP contribution in [0.15, 0.2) is 24.3 Å². The summed E-state index contributed by atoms with van der Waals surface area (Å²) in [6.45, 7) is -0.0574. The molecule has 1 aromatic rings. The van der Waals surface area contributed by atoms with Crippen LogP contribution < -0.4 is 10.6 Å². The van der Waals surface area contributed by atoms with Crippen LogP contribution in [0.5, 0.6) is 0 Å². The Morgan fingerprint density at radius 3 is 2.82 bits per heavy atom. The van der Waals surface area contributed by atoms with Crippen molar-refractivity contribution in [2.45, 2.75) is 12.5 Å². The topological polar surface area (TPSA) is 72.6 Å². The number of ether oxygens (including phenoxy) is 1. The van der Waals surface area contributed by atoms with Crippen molar-refractivity contribution in [3.63, 3.8) is 0 Å². The molecular weight excluding hydrogens is 220 g/mol. The molecule has 5 heteroatoms. The number of carbonyl (C=O) groups is 2. The molecular formula is C12H14N2O3. The van der Waals surface area contributed by atoms with Gasteiger partial charge in [0.05, 0.1) is 0 Å². The number of benzene rings is 1. The highest BCUT2D eigenvalue weighted by Crippen LogP contribution is 2.31. The van der Waals surface area contributed by atoms with E-state index in [0.717, 1.165) is 11.3 Å². The summed E-state index contributed by atoms with van der Waals surface area (Å²) in [5.74, 6) is -0.744. The average Bonchev–Trinajstić information content (AvgIpc) is 2.68. The highest BCUT2D eigenvalue weighted by molar-refractivity contribution is 6.03. The molecule has 0 saturated carbocycles. The summed E-state index contributed by atoms with van der Waals surface area (Å²) in [6.07, 6.45) is 0.473. The number of para-hydroxylation sites is 1. The SMILES string of the molecule is COCC(=O)N1c2ccccc2CC1C(N)=O. The van der Waals surface area contributed by atoms with E-state index in [1.807, 2.05) is 24.3 Å². The molecule has 1 aromatic carbocycles. The maximum Gasteiger partial charge on any atom is 0.253 e. The Bertz CT molecular complexity index is 459. The molecule has 1 unspecified atom stereocenters. The predicted octanol–water partition coefficient (Wildman–Crippen LogP) is 0.0760. The summed E-state index contributed by atoms with van der Waals surface area (Å²) in [7, 11) is 1.44. The van der Waals surface area contributed by atoms with E-state index < -0.39 is 11.9 Å². The second-order valence-electron chi connectivity index (χ2n) is 3.95. The van der Waals surface area contributed by atoms with Crippen molar-refractivity contribution in [1.82, 2.24) is 0 Å². The monoisotopic (exact) mass is 234 g/mol. The molecule has 0 fully saturated rings. The maximum absolute atomic E-state index is 11.9. The van der Waals surface area contributed by atoms with Crippen molar-refractivity contribution in [3.05, 3.63) is 29.8 Å². The van der Waals surface area contributed by atoms with Crippen LogP contribution in [0.1, 0.15) is 5.56 Å². The number of fused-ring (bicyclic) bond motifs is 1. The fourth-order valence-corrected chi connectivity index (χ4v) is 2.11. The number of methoxy groups -OCH3 is 1. The van der Waals surface area contributed by atoms with Crippen molar-refractivity contribution >= 4 is 17.5 Å². The molecule has 2 amide bonds. The zero-order chi connectivity index (χ0) is 12.4. The Morgan fingerprint density at radius 1 is 1.47 bits per heavy atom. The zero-order valence-electron chi connectivity index (χ0n) is 9.55. The van der Waals surface area contributed by atoms with Gasteiger partial charge in [-0.2, -0.15) is 0 Å². The van der Waals surface area contributed by atoms with Crippen LogP contribution in [0.25, 0.3) is 0 Å². The van der Waals surface area contributed by atoms with Crippen molar-refractivity contribution < 1.29 is 14.3 Å². The second-order valence-corrected chi connectivity index (χ2v) is 3.95. The summed E-state index contributed by atoms with van der Waals surface area (Å²) in [6, 6.07) is 6.81. The molecule has 1 aliphatic heterocycles. The second kappa shape index (κ2) is 4.55. The van der Waals surface area contributed by atoms with Gasteiger partial charge in [-0.1, -0.05) is 18.2 Å². The normalized spacial score (nSPS) is 17.9. The van der Waals surface area contributed by atoms with Crippen molar-refractivity contribution in [2.24, 2.45) is 5.73 Å². The van der Waals surface area contributed by atoms with Gasteiger partial charge in [-0.15, -0.1) is 0 Å². The lowest BCUT2D eigenvalue weighted by Crippen LogP contribution is -2.47. The number of primary amides is 1. The first-order valence-corrected chi connectivity index (χ1v) is 5.33. The lowest BCUT2D eigenvalue weighted by atomic mass is 10.1. The van der Waals surface area contributed by atoms with Crippen LogP contribution in [-0.4, -0.2) is 31.6 Å². The molecule has 90 valence electrons. The van der Waals surface area contributed by atoms with Gasteiger partial charge in [-0.3, -0.25) is 14.5 Å². The number of hydrogen-bond acceptors (Lipinski definition) is 3. The van der Waals surface area contributed by atoms with Crippen LogP contribution in [0.2, 0.25) is 0 Å². The minimum atomic E-state index is -0.602. The number of amides is 2. The molecule has 5 nitrogen and oxygen atoms in total. The largest absolute Gasteiger partial charge is 0.375 e. The molecule has 1 heterocycles. The Balaban J connectivity index is 2.37. The van der Waals surface area contributed by atoms with E-state index in [1.54, 1.807) is 0 Å². The highest BCUT2D eigenvalue weighted by atomic mass is 16.5. The fourth-order valence-electron chi connectivity index (χ4n) is 2.11. The third-order valence-corrected chi connectivity index (χ3v) is 2.84. The van der Waals surface area contributed by atoms with Gasteiger partial charge in [0.25, 0.3) is 5.91 Å². The molecule has 0 bridgehead atoms. The fraction of sp³-hybridized carbons (Fsp3) is 0.333. The van der Waals surface area contributed by atoms with Gasteiger partial charge in [-0.05, 0) is 11.6 Å². The molecule has 0 aromatic heterocycles. The van der Waals surface area contributed by atoms with E-state index in [1.165, 1.54) is 12.0 Å². The molecule has 0 aliphatic carbocycles. The van der Waals surface area contributed by atoms with E-state index in [-0.39, 0.29) is 12.5 Å². The maximum atomic E-state index is 11.9. The van der Waals surface area contributed by atoms with Gasteiger partial charge in [0.1, 0.15) is 12.6 Å². The number of nitrogens with two attached hydrogens (primary N) is 1. The predicted molar refractivity (Wildman–Crippen MR) is 62.5 cm³/mol. The quantitative estimate of drug-likeness (QED) is 0.804. The number of hydrogen-bond donors (Lipinski definition) is 1. The third-order valence-electron chi connectivity index (χ3n) is 2.84. The van der Waals surface area contributed by atoms with Crippen LogP contribution >= 0.6 is 0 Å². The summed E-state index contributed by atoms with van der Waals surface area (Å²) in [5, 5.41) is 0. The van der Waals surface area contributed by atoms with Crippen LogP contribution in [0.3, 0.4) is 0 Å². The van der Waals surface area contributed by atoms with Gasteiger partial charge in [-0.25, -0.2) is 0 Å². The molecule has 1 aliphatic rings. The van der Waals surface area contributed by atoms with E-state index in [9.17, 15) is 9.59 Å². The summed E-state index contributed by atoms with van der Waals surface area (Å²) in [5.41, 5.74) is 7.04. The van der Waals surface area contributed by atoms with E-state index >= 15 is 0 Å². The van der Waals surface area contributed by atoms with E-state index in [4.69, 9.17) is 10.5 Å². The Hall–Kier alpha value is -1.88. The van der Waals surface area contributed by atoms with Crippen molar-refractivity contribution in [2.75, 3.05) is 18.6 Å². The van der Waals surface area contributed by atoms with Crippen LogP contribution in [-0.2, 0) is 20.7 Å². The lowest BCUT2D eigenvalue weighted by molar-refractivity contribution is -0.126. The zero-order valence-corrected chi connectivity index (χ0v) is 9.55. The van der Waals surface area contributed by atoms with Gasteiger partial charge in [0, 0.05) is 19.2 Å². The molecule has 0 radical (unpaired) electrons. The number of rotatable bonds is 3. The van der Waals surface area contributed by atoms with Crippen molar-refractivity contribution in [3.8, 4) is 0 Å². The Kier molecular flexibility index (Phi) is 3.10. The smallest absolute Gasteiger partial charge is 0.253 e. The first-order valence-electron chi connectivity index (χ1n) is 5.33. The van der Waals surface area contributed by atoms with Gasteiger partial charge in [0.15, 0.2) is 0 Å². The average molecular weight is 234 g/mol. The molecule has 17 heavy (non-hydrogen) atoms. The molecule has 0 spiro atoms. The molecule has 0 saturated heterocycles. The molecule has 2 rings (SSSR count). The number of carbonyl (C=O) groups excluding carboxylic acids is 2. The highest BCUT2D eigenvalue weighted by Gasteiger charge is 2.36. The standard InChI is InChI=1S/C12H14N2O3/c1-17-7-11(15)14-9-5-3-2-4-8(9)6-10(14)12(13)16/h2-5,10H,6-7H2,1H3,(H2,13,16).